The summed E-state index contributed by atoms with van der Waals surface area (Å²) in [5, 5.41) is 9.17. The molecule has 0 aliphatic carbocycles. The Bertz CT molecular complexity index is 399. The first kappa shape index (κ1) is 11.0. The van der Waals surface area contributed by atoms with Crippen LogP contribution >= 0.6 is 0 Å². The first-order valence-corrected chi connectivity index (χ1v) is 5.15. The van der Waals surface area contributed by atoms with Gasteiger partial charge >= 0.3 is 0 Å². The number of hydrogen-bond acceptors (Lipinski definition) is 4. The predicted octanol–water partition coefficient (Wildman–Crippen LogP) is 1.22. The summed E-state index contributed by atoms with van der Waals surface area (Å²) < 4.78 is 10.5. The minimum atomic E-state index is -0.505. The van der Waals surface area contributed by atoms with Crippen LogP contribution in [0.25, 0.3) is 0 Å². The van der Waals surface area contributed by atoms with Crippen molar-refractivity contribution in [1.82, 2.24) is 0 Å². The summed E-state index contributed by atoms with van der Waals surface area (Å²) in [5.41, 5.74) is 0.396. The highest BCUT2D eigenvalue weighted by molar-refractivity contribution is 5.95. The van der Waals surface area contributed by atoms with Crippen LogP contribution in [0.2, 0.25) is 0 Å². The molecule has 2 rings (SSSR count). The normalized spacial score (nSPS) is 23.8. The average molecular weight is 221 g/mol. The zero-order valence-electron chi connectivity index (χ0n) is 9.43. The topological polar surface area (TPSA) is 51.0 Å². The molecule has 1 aromatic carbocycles. The SMILES string of the molecule is COc1ccc(C2=N[C@](C)(CO)CO2)cc1. The molecule has 16 heavy (non-hydrogen) atoms. The van der Waals surface area contributed by atoms with Crippen LogP contribution in [0.15, 0.2) is 29.3 Å². The maximum absolute atomic E-state index is 9.17. The number of methoxy groups -OCH3 is 1. The van der Waals surface area contributed by atoms with Gasteiger partial charge in [0.15, 0.2) is 0 Å². The van der Waals surface area contributed by atoms with Crippen LogP contribution < -0.4 is 4.74 Å². The Kier molecular flexibility index (Phi) is 2.83. The number of aliphatic imine (C=N–C) groups is 1. The lowest BCUT2D eigenvalue weighted by Gasteiger charge is -2.12. The molecule has 0 spiro atoms. The van der Waals surface area contributed by atoms with Gasteiger partial charge in [-0.15, -0.1) is 0 Å². The maximum Gasteiger partial charge on any atom is 0.216 e. The van der Waals surface area contributed by atoms with Gasteiger partial charge in [-0.3, -0.25) is 0 Å². The molecule has 1 aliphatic heterocycles. The molecule has 1 atom stereocenters. The van der Waals surface area contributed by atoms with Crippen LogP contribution in [0.3, 0.4) is 0 Å². The molecular weight excluding hydrogens is 206 g/mol. The van der Waals surface area contributed by atoms with Crippen LogP contribution in [-0.4, -0.2) is 36.9 Å². The third-order valence-corrected chi connectivity index (χ3v) is 2.57. The molecule has 0 saturated carbocycles. The van der Waals surface area contributed by atoms with Gasteiger partial charge in [-0.1, -0.05) is 0 Å². The highest BCUT2D eigenvalue weighted by Crippen LogP contribution is 2.22. The van der Waals surface area contributed by atoms with E-state index in [4.69, 9.17) is 14.6 Å². The van der Waals surface area contributed by atoms with E-state index in [-0.39, 0.29) is 6.61 Å². The molecule has 0 amide bonds. The van der Waals surface area contributed by atoms with Crippen molar-refractivity contribution in [2.75, 3.05) is 20.3 Å². The van der Waals surface area contributed by atoms with Crippen LogP contribution in [0.1, 0.15) is 12.5 Å². The number of aliphatic hydroxyl groups is 1. The molecule has 0 unspecified atom stereocenters. The summed E-state index contributed by atoms with van der Waals surface area (Å²) in [6.07, 6.45) is 0. The molecule has 0 saturated heterocycles. The number of ether oxygens (including phenoxy) is 2. The lowest BCUT2D eigenvalue weighted by atomic mass is 10.1. The first-order chi connectivity index (χ1) is 7.67. The van der Waals surface area contributed by atoms with Crippen LogP contribution in [0.4, 0.5) is 0 Å². The summed E-state index contributed by atoms with van der Waals surface area (Å²) >= 11 is 0. The second kappa shape index (κ2) is 4.14. The van der Waals surface area contributed by atoms with Gasteiger partial charge in [-0.2, -0.15) is 0 Å². The number of nitrogens with zero attached hydrogens (tertiary/aromatic N) is 1. The van der Waals surface area contributed by atoms with Crippen molar-refractivity contribution in [1.29, 1.82) is 0 Å². The molecule has 1 heterocycles. The molecule has 86 valence electrons. The quantitative estimate of drug-likeness (QED) is 0.835. The molecule has 0 aromatic heterocycles. The Morgan fingerprint density at radius 2 is 2.12 bits per heavy atom. The minimum Gasteiger partial charge on any atom is -0.497 e. The van der Waals surface area contributed by atoms with Crippen molar-refractivity contribution in [3.8, 4) is 5.75 Å². The largest absolute Gasteiger partial charge is 0.497 e. The zero-order chi connectivity index (χ0) is 11.6. The Hall–Kier alpha value is -1.55. The predicted molar refractivity (Wildman–Crippen MR) is 61.0 cm³/mol. The van der Waals surface area contributed by atoms with Crippen LogP contribution in [0.5, 0.6) is 5.75 Å². The van der Waals surface area contributed by atoms with Gasteiger partial charge in [0.05, 0.1) is 13.7 Å². The molecule has 4 nitrogen and oxygen atoms in total. The summed E-state index contributed by atoms with van der Waals surface area (Å²) in [7, 11) is 1.63. The van der Waals surface area contributed by atoms with Gasteiger partial charge in [-0.25, -0.2) is 4.99 Å². The molecule has 0 radical (unpaired) electrons. The Balaban J connectivity index is 2.22. The fourth-order valence-electron chi connectivity index (χ4n) is 1.50. The van der Waals surface area contributed by atoms with E-state index in [1.807, 2.05) is 31.2 Å². The van der Waals surface area contributed by atoms with Gasteiger partial charge < -0.3 is 14.6 Å². The molecular formula is C12H15NO3. The average Bonchev–Trinajstić information content (AvgIpc) is 2.73. The summed E-state index contributed by atoms with van der Waals surface area (Å²) in [4.78, 5) is 4.37. The van der Waals surface area contributed by atoms with E-state index in [0.717, 1.165) is 11.3 Å². The zero-order valence-corrected chi connectivity index (χ0v) is 9.43. The van der Waals surface area contributed by atoms with E-state index in [1.165, 1.54) is 0 Å². The summed E-state index contributed by atoms with van der Waals surface area (Å²) in [5.74, 6) is 1.38. The summed E-state index contributed by atoms with van der Waals surface area (Å²) in [6.45, 7) is 2.28. The van der Waals surface area contributed by atoms with Crippen LogP contribution in [0, 0.1) is 0 Å². The van der Waals surface area contributed by atoms with E-state index < -0.39 is 5.54 Å². The molecule has 0 fully saturated rings. The molecule has 0 bridgehead atoms. The fraction of sp³-hybridized carbons (Fsp3) is 0.417. The van der Waals surface area contributed by atoms with Gasteiger partial charge in [0.2, 0.25) is 5.90 Å². The number of benzene rings is 1. The highest BCUT2D eigenvalue weighted by atomic mass is 16.5. The molecule has 4 heteroatoms. The number of rotatable bonds is 3. The Morgan fingerprint density at radius 1 is 1.44 bits per heavy atom. The monoisotopic (exact) mass is 221 g/mol. The molecule has 1 aromatic rings. The second-order valence-corrected chi connectivity index (χ2v) is 4.09. The van der Waals surface area contributed by atoms with Crippen molar-refractivity contribution in [3.63, 3.8) is 0 Å². The van der Waals surface area contributed by atoms with Gasteiger partial charge in [0.25, 0.3) is 0 Å². The van der Waals surface area contributed by atoms with Gasteiger partial charge in [0.1, 0.15) is 17.9 Å². The van der Waals surface area contributed by atoms with Crippen molar-refractivity contribution in [3.05, 3.63) is 29.8 Å². The molecule has 1 N–H and O–H groups in total. The van der Waals surface area contributed by atoms with E-state index >= 15 is 0 Å². The fourth-order valence-corrected chi connectivity index (χ4v) is 1.50. The highest BCUT2D eigenvalue weighted by Gasteiger charge is 2.31. The number of hydrogen-bond donors (Lipinski definition) is 1. The minimum absolute atomic E-state index is 0.00729. The molecule has 1 aliphatic rings. The Morgan fingerprint density at radius 3 is 2.62 bits per heavy atom. The maximum atomic E-state index is 9.17. The van der Waals surface area contributed by atoms with Crippen molar-refractivity contribution >= 4 is 5.90 Å². The van der Waals surface area contributed by atoms with Crippen molar-refractivity contribution in [2.45, 2.75) is 12.5 Å². The smallest absolute Gasteiger partial charge is 0.216 e. The second-order valence-electron chi connectivity index (χ2n) is 4.09. The summed E-state index contributed by atoms with van der Waals surface area (Å²) in [6, 6.07) is 7.49. The van der Waals surface area contributed by atoms with Gasteiger partial charge in [0, 0.05) is 5.56 Å². The van der Waals surface area contributed by atoms with E-state index in [0.29, 0.717) is 12.5 Å². The standard InChI is InChI=1S/C12H15NO3/c1-12(7-14)8-16-11(13-12)9-3-5-10(15-2)6-4-9/h3-6,14H,7-8H2,1-2H3/t12-/m1/s1. The van der Waals surface area contributed by atoms with Crippen molar-refractivity contribution in [2.24, 2.45) is 4.99 Å². The first-order valence-electron chi connectivity index (χ1n) is 5.15. The third-order valence-electron chi connectivity index (χ3n) is 2.57. The van der Waals surface area contributed by atoms with Crippen LogP contribution in [-0.2, 0) is 4.74 Å². The lowest BCUT2D eigenvalue weighted by Crippen LogP contribution is -2.28. The van der Waals surface area contributed by atoms with E-state index in [9.17, 15) is 0 Å². The van der Waals surface area contributed by atoms with Gasteiger partial charge in [-0.05, 0) is 31.2 Å². The number of aliphatic hydroxyl groups excluding tert-OH is 1. The third kappa shape index (κ3) is 2.02. The lowest BCUT2D eigenvalue weighted by molar-refractivity contribution is 0.170. The van der Waals surface area contributed by atoms with E-state index in [1.54, 1.807) is 7.11 Å². The Labute approximate surface area is 94.5 Å². The van der Waals surface area contributed by atoms with E-state index in [2.05, 4.69) is 4.99 Å². The van der Waals surface area contributed by atoms with Crippen molar-refractivity contribution < 1.29 is 14.6 Å².